The van der Waals surface area contributed by atoms with E-state index in [0.29, 0.717) is 16.7 Å². The quantitative estimate of drug-likeness (QED) is 0.592. The monoisotopic (exact) mass is 350 g/mol. The summed E-state index contributed by atoms with van der Waals surface area (Å²) in [6.45, 7) is 1.19. The van der Waals surface area contributed by atoms with Crippen LogP contribution in [-0.2, 0) is 17.9 Å². The third-order valence-electron chi connectivity index (χ3n) is 3.52. The normalized spacial score (nSPS) is 12.4. The fourth-order valence-corrected chi connectivity index (χ4v) is 2.76. The van der Waals surface area contributed by atoms with E-state index in [1.165, 1.54) is 0 Å². The molecule has 0 radical (unpaired) electrons. The average molecular weight is 351 g/mol. The van der Waals surface area contributed by atoms with Crippen LogP contribution in [0.1, 0.15) is 23.8 Å². The molecule has 0 N–H and O–H groups in total. The minimum atomic E-state index is -0.154. The first kappa shape index (κ1) is 16.1. The molecule has 0 spiro atoms. The highest BCUT2D eigenvalue weighted by Gasteiger charge is 2.16. The van der Waals surface area contributed by atoms with Gasteiger partial charge >= 0.3 is 0 Å². The molecule has 2 aromatic heterocycles. The Morgan fingerprint density at radius 2 is 2.17 bits per heavy atom. The lowest BCUT2D eigenvalue weighted by Gasteiger charge is -2.17. The zero-order valence-corrected chi connectivity index (χ0v) is 13.9. The van der Waals surface area contributed by atoms with E-state index < -0.39 is 0 Å². The van der Waals surface area contributed by atoms with E-state index in [-0.39, 0.29) is 6.10 Å². The van der Waals surface area contributed by atoms with Crippen molar-refractivity contribution in [1.29, 1.82) is 0 Å². The highest BCUT2D eigenvalue weighted by molar-refractivity contribution is 6.35. The molecule has 0 aliphatic rings. The van der Waals surface area contributed by atoms with Gasteiger partial charge in [0.2, 0.25) is 0 Å². The molecule has 1 unspecified atom stereocenters. The molecule has 4 nitrogen and oxygen atoms in total. The minimum absolute atomic E-state index is 0.154. The van der Waals surface area contributed by atoms with E-state index >= 15 is 0 Å². The Morgan fingerprint density at radius 1 is 1.26 bits per heavy atom. The van der Waals surface area contributed by atoms with Crippen LogP contribution in [0, 0.1) is 0 Å². The maximum Gasteiger partial charge on any atom is 0.132 e. The van der Waals surface area contributed by atoms with Gasteiger partial charge in [0.1, 0.15) is 11.9 Å². The molecule has 0 saturated heterocycles. The van der Waals surface area contributed by atoms with Gasteiger partial charge in [0.05, 0.1) is 19.2 Å². The number of imidazole rings is 1. The number of rotatable bonds is 7. The molecule has 2 heterocycles. The largest absolute Gasteiger partial charge is 0.467 e. The number of hydrogen-bond acceptors (Lipinski definition) is 3. The van der Waals surface area contributed by atoms with E-state index in [4.69, 9.17) is 32.4 Å². The van der Waals surface area contributed by atoms with Gasteiger partial charge in [-0.15, -0.1) is 0 Å². The maximum absolute atomic E-state index is 6.20. The van der Waals surface area contributed by atoms with Crippen molar-refractivity contribution in [2.75, 3.05) is 0 Å². The van der Waals surface area contributed by atoms with Crippen LogP contribution in [0.3, 0.4) is 0 Å². The standard InChI is InChI=1S/C17H16Cl2N2O2/c18-14-4-3-13(15(19)10-14)11-23-17(16-2-1-9-22-16)5-7-21-8-6-20-12-21/h1-4,6,8-10,12,17H,5,7,11H2. The van der Waals surface area contributed by atoms with E-state index in [2.05, 4.69) is 4.98 Å². The second-order valence-electron chi connectivity index (χ2n) is 5.14. The topological polar surface area (TPSA) is 40.2 Å². The molecule has 0 saturated carbocycles. The molecule has 1 aromatic carbocycles. The summed E-state index contributed by atoms with van der Waals surface area (Å²) in [7, 11) is 0. The van der Waals surface area contributed by atoms with Crippen LogP contribution in [0.5, 0.6) is 0 Å². The molecule has 3 aromatic rings. The molecule has 3 rings (SSSR count). The number of aromatic nitrogens is 2. The van der Waals surface area contributed by atoms with Crippen molar-refractivity contribution >= 4 is 23.2 Å². The van der Waals surface area contributed by atoms with Crippen molar-refractivity contribution < 1.29 is 9.15 Å². The Labute approximate surface area is 144 Å². The first-order chi connectivity index (χ1) is 11.2. The summed E-state index contributed by atoms with van der Waals surface area (Å²) in [5.41, 5.74) is 0.898. The van der Waals surface area contributed by atoms with Crippen molar-refractivity contribution in [3.05, 3.63) is 76.7 Å². The third kappa shape index (κ3) is 4.38. The van der Waals surface area contributed by atoms with Crippen LogP contribution in [0.15, 0.2) is 59.7 Å². The van der Waals surface area contributed by atoms with Crippen LogP contribution in [0.2, 0.25) is 10.0 Å². The fraction of sp³-hybridized carbons (Fsp3) is 0.235. The lowest BCUT2D eigenvalue weighted by molar-refractivity contribution is 0.0170. The average Bonchev–Trinajstić information content (AvgIpc) is 3.22. The molecule has 0 fully saturated rings. The van der Waals surface area contributed by atoms with Gasteiger partial charge in [0.25, 0.3) is 0 Å². The number of halogens is 2. The van der Waals surface area contributed by atoms with Gasteiger partial charge in [-0.25, -0.2) is 4.98 Å². The predicted octanol–water partition coefficient (Wildman–Crippen LogP) is 5.13. The zero-order valence-electron chi connectivity index (χ0n) is 12.4. The molecule has 0 bridgehead atoms. The van der Waals surface area contributed by atoms with Crippen LogP contribution in [0.4, 0.5) is 0 Å². The molecule has 1 atom stereocenters. The van der Waals surface area contributed by atoms with Gasteiger partial charge in [-0.2, -0.15) is 0 Å². The van der Waals surface area contributed by atoms with Gasteiger partial charge in [-0.1, -0.05) is 29.3 Å². The molecule has 0 aliphatic carbocycles. The highest BCUT2D eigenvalue weighted by atomic mass is 35.5. The summed E-state index contributed by atoms with van der Waals surface area (Å²) in [4.78, 5) is 4.05. The first-order valence-corrected chi connectivity index (χ1v) is 8.02. The fourth-order valence-electron chi connectivity index (χ4n) is 2.30. The Bertz CT molecular complexity index is 727. The van der Waals surface area contributed by atoms with Crippen LogP contribution in [0.25, 0.3) is 0 Å². The number of furan rings is 1. The Morgan fingerprint density at radius 3 is 2.87 bits per heavy atom. The smallest absolute Gasteiger partial charge is 0.132 e. The van der Waals surface area contributed by atoms with Gasteiger partial charge in [0, 0.05) is 29.0 Å². The van der Waals surface area contributed by atoms with Gasteiger partial charge in [-0.05, 0) is 36.2 Å². The summed E-state index contributed by atoms with van der Waals surface area (Å²) in [5.74, 6) is 0.801. The molecule has 120 valence electrons. The van der Waals surface area contributed by atoms with E-state index in [9.17, 15) is 0 Å². The maximum atomic E-state index is 6.20. The molecule has 0 amide bonds. The van der Waals surface area contributed by atoms with Gasteiger partial charge in [-0.3, -0.25) is 0 Å². The summed E-state index contributed by atoms with van der Waals surface area (Å²) in [5, 5.41) is 1.21. The lowest BCUT2D eigenvalue weighted by atomic mass is 10.2. The van der Waals surface area contributed by atoms with E-state index in [1.807, 2.05) is 29.0 Å². The van der Waals surface area contributed by atoms with Crippen LogP contribution < -0.4 is 0 Å². The summed E-state index contributed by atoms with van der Waals surface area (Å²) in [6, 6.07) is 9.18. The van der Waals surface area contributed by atoms with Crippen molar-refractivity contribution in [2.45, 2.75) is 25.7 Å². The van der Waals surface area contributed by atoms with Crippen LogP contribution >= 0.6 is 23.2 Å². The van der Waals surface area contributed by atoms with Gasteiger partial charge < -0.3 is 13.7 Å². The highest BCUT2D eigenvalue weighted by Crippen LogP contribution is 2.27. The van der Waals surface area contributed by atoms with E-state index in [0.717, 1.165) is 24.3 Å². The second-order valence-corrected chi connectivity index (χ2v) is 5.98. The van der Waals surface area contributed by atoms with Crippen molar-refractivity contribution in [1.82, 2.24) is 9.55 Å². The molecule has 0 aliphatic heterocycles. The first-order valence-electron chi connectivity index (χ1n) is 7.27. The minimum Gasteiger partial charge on any atom is -0.467 e. The lowest BCUT2D eigenvalue weighted by Crippen LogP contribution is -2.08. The van der Waals surface area contributed by atoms with Crippen LogP contribution in [-0.4, -0.2) is 9.55 Å². The van der Waals surface area contributed by atoms with Crippen molar-refractivity contribution in [2.24, 2.45) is 0 Å². The molecular weight excluding hydrogens is 335 g/mol. The van der Waals surface area contributed by atoms with Crippen molar-refractivity contribution in [3.63, 3.8) is 0 Å². The van der Waals surface area contributed by atoms with E-state index in [1.54, 1.807) is 30.9 Å². The molecule has 23 heavy (non-hydrogen) atoms. The number of benzene rings is 1. The SMILES string of the molecule is Clc1ccc(COC(CCn2ccnc2)c2ccco2)c(Cl)c1. The Kier molecular flexibility index (Phi) is 5.39. The number of ether oxygens (including phenoxy) is 1. The second kappa shape index (κ2) is 7.68. The summed E-state index contributed by atoms with van der Waals surface area (Å²) < 4.78 is 13.5. The van der Waals surface area contributed by atoms with Gasteiger partial charge in [0.15, 0.2) is 0 Å². The summed E-state index contributed by atoms with van der Waals surface area (Å²) in [6.07, 6.45) is 7.74. The molecular formula is C17H16Cl2N2O2. The summed E-state index contributed by atoms with van der Waals surface area (Å²) >= 11 is 12.1. The predicted molar refractivity (Wildman–Crippen MR) is 89.5 cm³/mol. The molecule has 6 heteroatoms. The number of nitrogens with zero attached hydrogens (tertiary/aromatic N) is 2. The Balaban J connectivity index is 1.66. The third-order valence-corrected chi connectivity index (χ3v) is 4.11. The zero-order chi connectivity index (χ0) is 16.1. The Hall–Kier alpha value is -1.75. The number of hydrogen-bond donors (Lipinski definition) is 0. The van der Waals surface area contributed by atoms with Crippen molar-refractivity contribution in [3.8, 4) is 0 Å². The number of aryl methyl sites for hydroxylation is 1.